The van der Waals surface area contributed by atoms with Crippen molar-refractivity contribution in [3.8, 4) is 0 Å². The van der Waals surface area contributed by atoms with Crippen molar-refractivity contribution >= 4 is 17.5 Å². The van der Waals surface area contributed by atoms with Crippen molar-refractivity contribution in [1.29, 1.82) is 0 Å². The maximum atomic E-state index is 11.2. The van der Waals surface area contributed by atoms with E-state index in [9.17, 15) is 4.79 Å². The van der Waals surface area contributed by atoms with Gasteiger partial charge in [0.2, 0.25) is 5.91 Å². The number of hydrogen-bond acceptors (Lipinski definition) is 1. The minimum atomic E-state index is 0.140. The van der Waals surface area contributed by atoms with Crippen molar-refractivity contribution in [3.63, 3.8) is 0 Å². The smallest absolute Gasteiger partial charge is 0.222 e. The van der Waals surface area contributed by atoms with Gasteiger partial charge in [-0.25, -0.2) is 0 Å². The lowest BCUT2D eigenvalue weighted by Crippen LogP contribution is -2.29. The van der Waals surface area contributed by atoms with Crippen LogP contribution >= 0.6 is 11.6 Å². The van der Waals surface area contributed by atoms with Crippen LogP contribution in [-0.4, -0.2) is 18.3 Å². The van der Waals surface area contributed by atoms with E-state index in [1.165, 1.54) is 0 Å². The zero-order chi connectivity index (χ0) is 9.40. The van der Waals surface area contributed by atoms with Gasteiger partial charge < -0.3 is 5.32 Å². The van der Waals surface area contributed by atoms with Gasteiger partial charge in [-0.1, -0.05) is 13.8 Å². The van der Waals surface area contributed by atoms with Crippen LogP contribution < -0.4 is 5.32 Å². The third-order valence-electron chi connectivity index (χ3n) is 1.92. The minimum Gasteiger partial charge on any atom is -0.356 e. The first-order chi connectivity index (χ1) is 5.72. The molecule has 0 saturated heterocycles. The van der Waals surface area contributed by atoms with Crippen LogP contribution in [0.15, 0.2) is 0 Å². The number of rotatable bonds is 6. The Morgan fingerprint density at radius 2 is 2.17 bits per heavy atom. The summed E-state index contributed by atoms with van der Waals surface area (Å²) < 4.78 is 0. The molecule has 0 aromatic rings. The summed E-state index contributed by atoms with van der Waals surface area (Å²) >= 11 is 5.49. The second kappa shape index (κ2) is 7.41. The fourth-order valence-electron chi connectivity index (χ4n) is 0.791. The zero-order valence-electron chi connectivity index (χ0n) is 7.90. The Balaban J connectivity index is 3.31. The first-order valence-electron chi connectivity index (χ1n) is 4.56. The molecule has 0 aromatic carbocycles. The topological polar surface area (TPSA) is 29.1 Å². The van der Waals surface area contributed by atoms with E-state index >= 15 is 0 Å². The van der Waals surface area contributed by atoms with E-state index in [1.54, 1.807) is 0 Å². The van der Waals surface area contributed by atoms with Crippen molar-refractivity contribution in [1.82, 2.24) is 5.32 Å². The summed E-state index contributed by atoms with van der Waals surface area (Å²) in [6.45, 7) is 4.72. The molecule has 1 unspecified atom stereocenters. The monoisotopic (exact) mass is 191 g/mol. The maximum Gasteiger partial charge on any atom is 0.222 e. The average Bonchev–Trinajstić information content (AvgIpc) is 2.10. The second-order valence-corrected chi connectivity index (χ2v) is 3.37. The van der Waals surface area contributed by atoms with Crippen molar-refractivity contribution < 1.29 is 4.79 Å². The van der Waals surface area contributed by atoms with Crippen molar-refractivity contribution in [2.24, 2.45) is 5.92 Å². The predicted molar refractivity (Wildman–Crippen MR) is 52.4 cm³/mol. The summed E-state index contributed by atoms with van der Waals surface area (Å²) in [5.41, 5.74) is 0. The highest BCUT2D eigenvalue weighted by Crippen LogP contribution is 1.99. The molecule has 0 fully saturated rings. The van der Waals surface area contributed by atoms with Gasteiger partial charge in [0.15, 0.2) is 0 Å². The molecule has 0 aliphatic carbocycles. The standard InChI is InChI=1S/C9H18ClNO/c1-3-8(2)9(12)11-7-5-4-6-10/h8H,3-7H2,1-2H3,(H,11,12). The van der Waals surface area contributed by atoms with Crippen molar-refractivity contribution in [3.05, 3.63) is 0 Å². The summed E-state index contributed by atoms with van der Waals surface area (Å²) in [5, 5.41) is 2.87. The minimum absolute atomic E-state index is 0.140. The Kier molecular flexibility index (Phi) is 7.26. The van der Waals surface area contributed by atoms with Crippen LogP contribution in [-0.2, 0) is 4.79 Å². The number of hydrogen-bond donors (Lipinski definition) is 1. The lowest BCUT2D eigenvalue weighted by molar-refractivity contribution is -0.124. The number of carbonyl (C=O) groups is 1. The summed E-state index contributed by atoms with van der Waals surface area (Å²) in [6, 6.07) is 0. The lowest BCUT2D eigenvalue weighted by atomic mass is 10.1. The highest BCUT2D eigenvalue weighted by molar-refractivity contribution is 6.17. The predicted octanol–water partition coefficient (Wildman–Crippen LogP) is 2.17. The molecular formula is C9H18ClNO. The van der Waals surface area contributed by atoms with Crippen LogP contribution in [0, 0.1) is 5.92 Å². The quantitative estimate of drug-likeness (QED) is 0.506. The molecule has 0 spiro atoms. The van der Waals surface area contributed by atoms with E-state index in [0.29, 0.717) is 5.88 Å². The first-order valence-corrected chi connectivity index (χ1v) is 5.09. The van der Waals surface area contributed by atoms with Crippen molar-refractivity contribution in [2.75, 3.05) is 12.4 Å². The molecule has 1 N–H and O–H groups in total. The van der Waals surface area contributed by atoms with E-state index in [0.717, 1.165) is 25.8 Å². The summed E-state index contributed by atoms with van der Waals surface area (Å²) in [4.78, 5) is 11.2. The van der Waals surface area contributed by atoms with Crippen LogP contribution in [0.3, 0.4) is 0 Å². The molecule has 12 heavy (non-hydrogen) atoms. The molecule has 0 aliphatic rings. The van der Waals surface area contributed by atoms with Gasteiger partial charge in [0.1, 0.15) is 0 Å². The highest BCUT2D eigenvalue weighted by atomic mass is 35.5. The SMILES string of the molecule is CCC(C)C(=O)NCCCCCl. The van der Waals surface area contributed by atoms with E-state index < -0.39 is 0 Å². The van der Waals surface area contributed by atoms with E-state index in [1.807, 2.05) is 13.8 Å². The van der Waals surface area contributed by atoms with Crippen LogP contribution in [0.1, 0.15) is 33.1 Å². The van der Waals surface area contributed by atoms with Gasteiger partial charge in [-0.2, -0.15) is 0 Å². The molecule has 72 valence electrons. The molecule has 0 bridgehead atoms. The Morgan fingerprint density at radius 3 is 2.67 bits per heavy atom. The number of carbonyl (C=O) groups excluding carboxylic acids is 1. The van der Waals surface area contributed by atoms with Crippen LogP contribution in [0.2, 0.25) is 0 Å². The average molecular weight is 192 g/mol. The molecule has 1 atom stereocenters. The summed E-state index contributed by atoms with van der Waals surface area (Å²) in [5.74, 6) is 0.979. The Morgan fingerprint density at radius 1 is 1.50 bits per heavy atom. The molecule has 0 aromatic heterocycles. The third-order valence-corrected chi connectivity index (χ3v) is 2.19. The summed E-state index contributed by atoms with van der Waals surface area (Å²) in [7, 11) is 0. The maximum absolute atomic E-state index is 11.2. The van der Waals surface area contributed by atoms with Gasteiger partial charge in [0.25, 0.3) is 0 Å². The summed E-state index contributed by atoms with van der Waals surface area (Å²) in [6.07, 6.45) is 2.86. The fraction of sp³-hybridized carbons (Fsp3) is 0.889. The Hall–Kier alpha value is -0.240. The number of halogens is 1. The van der Waals surface area contributed by atoms with E-state index in [-0.39, 0.29) is 11.8 Å². The highest BCUT2D eigenvalue weighted by Gasteiger charge is 2.08. The second-order valence-electron chi connectivity index (χ2n) is 3.00. The molecule has 3 heteroatoms. The van der Waals surface area contributed by atoms with Crippen LogP contribution in [0.4, 0.5) is 0 Å². The largest absolute Gasteiger partial charge is 0.356 e. The van der Waals surface area contributed by atoms with Gasteiger partial charge >= 0.3 is 0 Å². The zero-order valence-corrected chi connectivity index (χ0v) is 8.66. The molecule has 0 aliphatic heterocycles. The van der Waals surface area contributed by atoms with Gasteiger partial charge in [0.05, 0.1) is 0 Å². The molecule has 0 radical (unpaired) electrons. The van der Waals surface area contributed by atoms with Crippen molar-refractivity contribution in [2.45, 2.75) is 33.1 Å². The van der Waals surface area contributed by atoms with Gasteiger partial charge in [-0.15, -0.1) is 11.6 Å². The molecule has 2 nitrogen and oxygen atoms in total. The Bertz CT molecular complexity index is 128. The first kappa shape index (κ1) is 11.8. The number of amides is 1. The fourth-order valence-corrected chi connectivity index (χ4v) is 0.980. The molecule has 0 heterocycles. The molecular weight excluding hydrogens is 174 g/mol. The van der Waals surface area contributed by atoms with E-state index in [2.05, 4.69) is 5.32 Å². The van der Waals surface area contributed by atoms with Crippen LogP contribution in [0.25, 0.3) is 0 Å². The normalized spacial score (nSPS) is 12.6. The van der Waals surface area contributed by atoms with E-state index in [4.69, 9.17) is 11.6 Å². The molecule has 1 amide bonds. The number of alkyl halides is 1. The molecule has 0 rings (SSSR count). The Labute approximate surface area is 79.7 Å². The number of unbranched alkanes of at least 4 members (excludes halogenated alkanes) is 1. The number of nitrogens with one attached hydrogen (secondary N) is 1. The molecule has 0 saturated carbocycles. The van der Waals surface area contributed by atoms with Gasteiger partial charge in [-0.3, -0.25) is 4.79 Å². The van der Waals surface area contributed by atoms with Gasteiger partial charge in [-0.05, 0) is 19.3 Å². The van der Waals surface area contributed by atoms with Crippen LogP contribution in [0.5, 0.6) is 0 Å². The third kappa shape index (κ3) is 5.42. The van der Waals surface area contributed by atoms with Gasteiger partial charge in [0, 0.05) is 18.3 Å². The lowest BCUT2D eigenvalue weighted by Gasteiger charge is -2.08.